The van der Waals surface area contributed by atoms with Gasteiger partial charge in [-0.05, 0) is 37.6 Å². The van der Waals surface area contributed by atoms with Gasteiger partial charge in [0.1, 0.15) is 17.6 Å². The molecular formula is C16H17N3O4. The zero-order chi connectivity index (χ0) is 16.4. The SMILES string of the molecule is COc1ccc(N2C(=O)CCC2C(=O)Nc2cc(C)on2)cc1. The van der Waals surface area contributed by atoms with Crippen LogP contribution in [0.25, 0.3) is 0 Å². The molecule has 1 aromatic heterocycles. The lowest BCUT2D eigenvalue weighted by Crippen LogP contribution is -2.41. The highest BCUT2D eigenvalue weighted by atomic mass is 16.5. The summed E-state index contributed by atoms with van der Waals surface area (Å²) in [5, 5.41) is 6.42. The van der Waals surface area contributed by atoms with Crippen LogP contribution in [0.15, 0.2) is 34.9 Å². The van der Waals surface area contributed by atoms with Crippen molar-refractivity contribution in [3.8, 4) is 5.75 Å². The van der Waals surface area contributed by atoms with Crippen LogP contribution in [0.5, 0.6) is 5.75 Å². The van der Waals surface area contributed by atoms with Gasteiger partial charge in [0.05, 0.1) is 7.11 Å². The second-order valence-corrected chi connectivity index (χ2v) is 5.33. The summed E-state index contributed by atoms with van der Waals surface area (Å²) in [6, 6.07) is 8.12. The zero-order valence-corrected chi connectivity index (χ0v) is 12.9. The van der Waals surface area contributed by atoms with Crippen LogP contribution in [0.2, 0.25) is 0 Å². The summed E-state index contributed by atoms with van der Waals surface area (Å²) in [4.78, 5) is 26.2. The minimum absolute atomic E-state index is 0.0772. The number of ether oxygens (including phenoxy) is 1. The van der Waals surface area contributed by atoms with Crippen molar-refractivity contribution >= 4 is 23.3 Å². The van der Waals surface area contributed by atoms with E-state index in [0.717, 1.165) is 0 Å². The van der Waals surface area contributed by atoms with Crippen molar-refractivity contribution in [2.24, 2.45) is 0 Å². The van der Waals surface area contributed by atoms with Gasteiger partial charge < -0.3 is 14.6 Å². The van der Waals surface area contributed by atoms with E-state index in [1.807, 2.05) is 0 Å². The fraction of sp³-hybridized carbons (Fsp3) is 0.312. The van der Waals surface area contributed by atoms with Gasteiger partial charge in [-0.2, -0.15) is 0 Å². The van der Waals surface area contributed by atoms with Crippen LogP contribution in [0, 0.1) is 6.92 Å². The second-order valence-electron chi connectivity index (χ2n) is 5.33. The molecule has 1 atom stereocenters. The van der Waals surface area contributed by atoms with E-state index >= 15 is 0 Å². The molecule has 1 aromatic carbocycles. The molecule has 1 saturated heterocycles. The summed E-state index contributed by atoms with van der Waals surface area (Å²) in [7, 11) is 1.58. The first-order valence-corrected chi connectivity index (χ1v) is 7.29. The van der Waals surface area contributed by atoms with Gasteiger partial charge >= 0.3 is 0 Å². The lowest BCUT2D eigenvalue weighted by molar-refractivity contribution is -0.120. The molecule has 2 heterocycles. The van der Waals surface area contributed by atoms with Gasteiger partial charge in [-0.1, -0.05) is 5.16 Å². The molecule has 0 bridgehead atoms. The number of methoxy groups -OCH3 is 1. The van der Waals surface area contributed by atoms with Crippen molar-refractivity contribution in [3.63, 3.8) is 0 Å². The van der Waals surface area contributed by atoms with E-state index in [4.69, 9.17) is 9.26 Å². The van der Waals surface area contributed by atoms with Crippen LogP contribution in [-0.4, -0.2) is 30.1 Å². The van der Waals surface area contributed by atoms with Crippen molar-refractivity contribution in [2.75, 3.05) is 17.3 Å². The number of anilines is 2. The highest BCUT2D eigenvalue weighted by molar-refractivity contribution is 6.07. The summed E-state index contributed by atoms with van der Waals surface area (Å²) in [5.74, 6) is 1.29. The Morgan fingerprint density at radius 1 is 1.39 bits per heavy atom. The van der Waals surface area contributed by atoms with Gasteiger partial charge in [0.25, 0.3) is 0 Å². The third-order valence-corrected chi connectivity index (χ3v) is 3.74. The Hall–Kier alpha value is -2.83. The standard InChI is InChI=1S/C16H17N3O4/c1-10-9-14(18-23-10)17-16(21)13-7-8-15(20)19(13)11-3-5-12(22-2)6-4-11/h3-6,9,13H,7-8H2,1-2H3,(H,17,18,21). The molecule has 0 saturated carbocycles. The molecule has 3 rings (SSSR count). The third kappa shape index (κ3) is 3.03. The number of aromatic nitrogens is 1. The summed E-state index contributed by atoms with van der Waals surface area (Å²) >= 11 is 0. The van der Waals surface area contributed by atoms with Gasteiger partial charge in [0.15, 0.2) is 5.82 Å². The molecular weight excluding hydrogens is 298 g/mol. The molecule has 0 aliphatic carbocycles. The number of nitrogens with one attached hydrogen (secondary N) is 1. The lowest BCUT2D eigenvalue weighted by atomic mass is 10.2. The molecule has 1 aliphatic rings. The van der Waals surface area contributed by atoms with Crippen molar-refractivity contribution in [1.82, 2.24) is 5.16 Å². The molecule has 0 spiro atoms. The Bertz CT molecular complexity index is 723. The van der Waals surface area contributed by atoms with Crippen molar-refractivity contribution in [2.45, 2.75) is 25.8 Å². The summed E-state index contributed by atoms with van der Waals surface area (Å²) in [5.41, 5.74) is 0.671. The predicted molar refractivity (Wildman–Crippen MR) is 83.4 cm³/mol. The highest BCUT2D eigenvalue weighted by Gasteiger charge is 2.37. The minimum atomic E-state index is -0.562. The number of hydrogen-bond donors (Lipinski definition) is 1. The fourth-order valence-corrected chi connectivity index (χ4v) is 2.63. The Labute approximate surface area is 133 Å². The van der Waals surface area contributed by atoms with E-state index < -0.39 is 6.04 Å². The maximum atomic E-state index is 12.5. The van der Waals surface area contributed by atoms with Crippen molar-refractivity contribution in [3.05, 3.63) is 36.1 Å². The molecule has 0 radical (unpaired) electrons. The lowest BCUT2D eigenvalue weighted by Gasteiger charge is -2.23. The Morgan fingerprint density at radius 3 is 2.74 bits per heavy atom. The summed E-state index contributed by atoms with van der Waals surface area (Å²) in [6.45, 7) is 1.74. The van der Waals surface area contributed by atoms with E-state index in [1.54, 1.807) is 44.4 Å². The fourth-order valence-electron chi connectivity index (χ4n) is 2.63. The number of amides is 2. The van der Waals surface area contributed by atoms with Crippen LogP contribution in [0.3, 0.4) is 0 Å². The first kappa shape index (κ1) is 15.1. The van der Waals surface area contributed by atoms with Gasteiger partial charge in [-0.25, -0.2) is 0 Å². The number of aryl methyl sites for hydroxylation is 1. The Kier molecular flexibility index (Phi) is 4.01. The van der Waals surface area contributed by atoms with Crippen molar-refractivity contribution < 1.29 is 18.8 Å². The van der Waals surface area contributed by atoms with Crippen LogP contribution in [0.4, 0.5) is 11.5 Å². The molecule has 1 N–H and O–H groups in total. The van der Waals surface area contributed by atoms with Gasteiger partial charge in [0.2, 0.25) is 11.8 Å². The molecule has 23 heavy (non-hydrogen) atoms. The Morgan fingerprint density at radius 2 is 2.13 bits per heavy atom. The molecule has 2 aromatic rings. The first-order valence-electron chi connectivity index (χ1n) is 7.29. The molecule has 1 unspecified atom stereocenters. The van der Waals surface area contributed by atoms with E-state index in [9.17, 15) is 9.59 Å². The topological polar surface area (TPSA) is 84.7 Å². The van der Waals surface area contributed by atoms with Crippen LogP contribution < -0.4 is 15.0 Å². The van der Waals surface area contributed by atoms with Crippen LogP contribution >= 0.6 is 0 Å². The number of carbonyl (C=O) groups is 2. The van der Waals surface area contributed by atoms with E-state index in [-0.39, 0.29) is 11.8 Å². The maximum Gasteiger partial charge on any atom is 0.248 e. The summed E-state index contributed by atoms with van der Waals surface area (Å²) < 4.78 is 10.0. The molecule has 120 valence electrons. The van der Waals surface area contributed by atoms with Crippen LogP contribution in [-0.2, 0) is 9.59 Å². The largest absolute Gasteiger partial charge is 0.497 e. The number of carbonyl (C=O) groups excluding carboxylic acids is 2. The normalized spacial score (nSPS) is 17.4. The monoisotopic (exact) mass is 315 g/mol. The van der Waals surface area contributed by atoms with E-state index in [2.05, 4.69) is 10.5 Å². The minimum Gasteiger partial charge on any atom is -0.497 e. The molecule has 7 nitrogen and oxygen atoms in total. The van der Waals surface area contributed by atoms with Crippen LogP contribution in [0.1, 0.15) is 18.6 Å². The second kappa shape index (κ2) is 6.12. The van der Waals surface area contributed by atoms with Gasteiger partial charge in [-0.15, -0.1) is 0 Å². The highest BCUT2D eigenvalue weighted by Crippen LogP contribution is 2.29. The number of nitrogens with zero attached hydrogens (tertiary/aromatic N) is 2. The van der Waals surface area contributed by atoms with E-state index in [1.165, 1.54) is 4.90 Å². The van der Waals surface area contributed by atoms with Gasteiger partial charge in [0, 0.05) is 18.2 Å². The number of rotatable bonds is 4. The van der Waals surface area contributed by atoms with Crippen molar-refractivity contribution in [1.29, 1.82) is 0 Å². The smallest absolute Gasteiger partial charge is 0.248 e. The summed E-state index contributed by atoms with van der Waals surface area (Å²) in [6.07, 6.45) is 0.801. The molecule has 1 fully saturated rings. The predicted octanol–water partition coefficient (Wildman–Crippen LogP) is 2.13. The first-order chi connectivity index (χ1) is 11.1. The molecule has 7 heteroatoms. The maximum absolute atomic E-state index is 12.5. The van der Waals surface area contributed by atoms with Gasteiger partial charge in [-0.3, -0.25) is 14.5 Å². The van der Waals surface area contributed by atoms with E-state index in [0.29, 0.717) is 35.9 Å². The number of hydrogen-bond acceptors (Lipinski definition) is 5. The molecule has 2 amide bonds. The average Bonchev–Trinajstić information content (AvgIpc) is 3.13. The zero-order valence-electron chi connectivity index (χ0n) is 12.9. The quantitative estimate of drug-likeness (QED) is 0.934. The average molecular weight is 315 g/mol. The number of benzene rings is 1. The third-order valence-electron chi connectivity index (χ3n) is 3.74. The molecule has 1 aliphatic heterocycles. The Balaban J connectivity index is 1.79.